The Kier molecular flexibility index (Phi) is 4.39. The van der Waals surface area contributed by atoms with Gasteiger partial charge in [0.15, 0.2) is 0 Å². The number of benzene rings is 1. The first-order chi connectivity index (χ1) is 9.55. The van der Waals surface area contributed by atoms with Crippen molar-refractivity contribution in [3.8, 4) is 0 Å². The third kappa shape index (κ3) is 2.99. The van der Waals surface area contributed by atoms with Crippen molar-refractivity contribution in [2.75, 3.05) is 19.4 Å². The minimum atomic E-state index is -0.291. The smallest absolute Gasteiger partial charge is 0.133 e. The van der Waals surface area contributed by atoms with E-state index in [1.54, 1.807) is 14.1 Å². The molecule has 0 amide bonds. The van der Waals surface area contributed by atoms with Crippen LogP contribution >= 0.6 is 11.8 Å². The molecule has 0 saturated heterocycles. The monoisotopic (exact) mass is 289 g/mol. The molecule has 1 N–H and O–H groups in total. The molecule has 0 saturated carbocycles. The first kappa shape index (κ1) is 14.5. The molecule has 0 unspecified atom stereocenters. The van der Waals surface area contributed by atoms with Crippen molar-refractivity contribution in [3.63, 3.8) is 0 Å². The van der Waals surface area contributed by atoms with Crippen molar-refractivity contribution < 1.29 is 4.39 Å². The molecule has 0 aliphatic rings. The number of rotatable bonds is 3. The molecule has 2 rings (SSSR count). The Morgan fingerprint density at radius 2 is 2.15 bits per heavy atom. The highest BCUT2D eigenvalue weighted by atomic mass is 32.2. The van der Waals surface area contributed by atoms with Gasteiger partial charge in [0.1, 0.15) is 11.6 Å². The fourth-order valence-corrected chi connectivity index (χ4v) is 2.48. The summed E-state index contributed by atoms with van der Waals surface area (Å²) in [6, 6.07) is 5.22. The number of pyridine rings is 1. The van der Waals surface area contributed by atoms with Gasteiger partial charge >= 0.3 is 0 Å². The highest BCUT2D eigenvalue weighted by Crippen LogP contribution is 2.31. The van der Waals surface area contributed by atoms with Crippen LogP contribution in [0.1, 0.15) is 12.5 Å². The Labute approximate surface area is 122 Å². The van der Waals surface area contributed by atoms with Gasteiger partial charge in [0, 0.05) is 30.6 Å². The third-order valence-corrected chi connectivity index (χ3v) is 3.91. The molecule has 1 aromatic carbocycles. The molecular weight excluding hydrogens is 273 g/mol. The molecule has 0 aliphatic carbocycles. The maximum absolute atomic E-state index is 14.1. The van der Waals surface area contributed by atoms with E-state index in [0.29, 0.717) is 11.2 Å². The molecule has 20 heavy (non-hydrogen) atoms. The van der Waals surface area contributed by atoms with Gasteiger partial charge in [-0.25, -0.2) is 9.37 Å². The first-order valence-corrected chi connectivity index (χ1v) is 6.94. The number of nitrogens with one attached hydrogen (secondary N) is 1. The summed E-state index contributed by atoms with van der Waals surface area (Å²) in [4.78, 5) is 8.97. The number of hydrogen-bond donors (Lipinski definition) is 1. The van der Waals surface area contributed by atoms with Crippen LogP contribution in [0.15, 0.2) is 36.0 Å². The van der Waals surface area contributed by atoms with Crippen molar-refractivity contribution in [1.82, 2.24) is 4.98 Å². The normalized spacial score (nSPS) is 11.7. The summed E-state index contributed by atoms with van der Waals surface area (Å²) in [6.45, 7) is 5.89. The van der Waals surface area contributed by atoms with E-state index in [4.69, 9.17) is 0 Å². The number of anilines is 1. The van der Waals surface area contributed by atoms with Crippen LogP contribution in [0.3, 0.4) is 0 Å². The topological polar surface area (TPSA) is 37.3 Å². The third-order valence-electron chi connectivity index (χ3n) is 2.95. The first-order valence-electron chi connectivity index (χ1n) is 6.12. The van der Waals surface area contributed by atoms with Crippen molar-refractivity contribution in [2.24, 2.45) is 4.99 Å². The van der Waals surface area contributed by atoms with Crippen LogP contribution in [-0.4, -0.2) is 24.1 Å². The van der Waals surface area contributed by atoms with Crippen molar-refractivity contribution in [1.29, 1.82) is 0 Å². The maximum atomic E-state index is 14.1. The zero-order valence-corrected chi connectivity index (χ0v) is 12.5. The molecule has 0 aliphatic heterocycles. The van der Waals surface area contributed by atoms with Gasteiger partial charge in [0.05, 0.1) is 5.04 Å². The second-order valence-corrected chi connectivity index (χ2v) is 5.55. The number of nitrogens with zero attached hydrogens (tertiary/aromatic N) is 2. The fourth-order valence-electron chi connectivity index (χ4n) is 1.79. The molecule has 5 heteroatoms. The van der Waals surface area contributed by atoms with Crippen LogP contribution in [0.25, 0.3) is 15.7 Å². The summed E-state index contributed by atoms with van der Waals surface area (Å²) in [5.41, 5.74) is 0.760. The van der Waals surface area contributed by atoms with E-state index in [2.05, 4.69) is 21.9 Å². The molecular formula is C15H16FN3S. The Morgan fingerprint density at radius 3 is 2.80 bits per heavy atom. The lowest BCUT2D eigenvalue weighted by molar-refractivity contribution is 0.639. The van der Waals surface area contributed by atoms with Crippen LogP contribution in [-0.2, 0) is 0 Å². The van der Waals surface area contributed by atoms with Crippen LogP contribution in [0.5, 0.6) is 0 Å². The van der Waals surface area contributed by atoms with Crippen molar-refractivity contribution in [2.45, 2.75) is 6.92 Å². The fraction of sp³-hybridized carbons (Fsp3) is 0.200. The largest absolute Gasteiger partial charge is 0.373 e. The second-order valence-electron chi connectivity index (χ2n) is 4.27. The molecule has 0 bridgehead atoms. The van der Waals surface area contributed by atoms with Gasteiger partial charge in [-0.3, -0.25) is 4.99 Å². The number of aromatic nitrogens is 1. The molecule has 0 spiro atoms. The standard InChI is InChI=1S/C15H16FN3S/c1-9(20-10(2)17-3)11-5-12-7-15(18-4)19-8-13(12)14(16)6-11/h5-8H,1H2,2-4H3,(H,18,19)/b17-10-. The van der Waals surface area contributed by atoms with Crippen molar-refractivity contribution >= 4 is 38.3 Å². The predicted octanol–water partition coefficient (Wildman–Crippen LogP) is 4.17. The van der Waals surface area contributed by atoms with Gasteiger partial charge in [-0.1, -0.05) is 18.3 Å². The summed E-state index contributed by atoms with van der Waals surface area (Å²) in [6.07, 6.45) is 1.54. The van der Waals surface area contributed by atoms with E-state index in [1.807, 2.05) is 19.1 Å². The van der Waals surface area contributed by atoms with Gasteiger partial charge in [-0.15, -0.1) is 0 Å². The summed E-state index contributed by atoms with van der Waals surface area (Å²) < 4.78 is 14.1. The van der Waals surface area contributed by atoms with E-state index < -0.39 is 0 Å². The van der Waals surface area contributed by atoms with Crippen LogP contribution < -0.4 is 5.32 Å². The Morgan fingerprint density at radius 1 is 1.40 bits per heavy atom. The van der Waals surface area contributed by atoms with Crippen LogP contribution in [0, 0.1) is 5.82 Å². The average Bonchev–Trinajstić information content (AvgIpc) is 2.46. The number of hydrogen-bond acceptors (Lipinski definition) is 4. The number of thioether (sulfide) groups is 1. The Bertz CT molecular complexity index is 695. The predicted molar refractivity (Wildman–Crippen MR) is 86.9 cm³/mol. The maximum Gasteiger partial charge on any atom is 0.133 e. The van der Waals surface area contributed by atoms with Gasteiger partial charge in [-0.05, 0) is 36.1 Å². The minimum absolute atomic E-state index is 0.291. The van der Waals surface area contributed by atoms with E-state index in [9.17, 15) is 4.39 Å². The van der Waals surface area contributed by atoms with E-state index in [-0.39, 0.29) is 5.82 Å². The number of halogens is 1. The summed E-state index contributed by atoms with van der Waals surface area (Å²) >= 11 is 1.44. The van der Waals surface area contributed by atoms with Crippen LogP contribution in [0.4, 0.5) is 10.2 Å². The van der Waals surface area contributed by atoms with Crippen molar-refractivity contribution in [3.05, 3.63) is 42.4 Å². The Balaban J connectivity index is 2.47. The lowest BCUT2D eigenvalue weighted by atomic mass is 10.1. The molecule has 0 radical (unpaired) electrons. The summed E-state index contributed by atoms with van der Waals surface area (Å²) in [5.74, 6) is 0.416. The molecule has 1 aromatic heterocycles. The highest BCUT2D eigenvalue weighted by Gasteiger charge is 2.09. The quantitative estimate of drug-likeness (QED) is 0.680. The van der Waals surface area contributed by atoms with E-state index in [1.165, 1.54) is 24.0 Å². The molecule has 3 nitrogen and oxygen atoms in total. The van der Waals surface area contributed by atoms with Gasteiger partial charge in [-0.2, -0.15) is 0 Å². The molecule has 0 fully saturated rings. The lowest BCUT2D eigenvalue weighted by Crippen LogP contribution is -1.94. The SMILES string of the molecule is C=C(S/C(C)=N\C)c1cc(F)c2cnc(NC)cc2c1. The second kappa shape index (κ2) is 6.05. The summed E-state index contributed by atoms with van der Waals surface area (Å²) in [7, 11) is 3.51. The average molecular weight is 289 g/mol. The molecule has 104 valence electrons. The van der Waals surface area contributed by atoms with Gasteiger partial charge in [0.25, 0.3) is 0 Å². The highest BCUT2D eigenvalue weighted by molar-refractivity contribution is 8.21. The van der Waals surface area contributed by atoms with Gasteiger partial charge < -0.3 is 5.32 Å². The minimum Gasteiger partial charge on any atom is -0.373 e. The lowest BCUT2D eigenvalue weighted by Gasteiger charge is -2.09. The Hall–Kier alpha value is -1.88. The van der Waals surface area contributed by atoms with Crippen LogP contribution in [0.2, 0.25) is 0 Å². The molecule has 2 aromatic rings. The number of aliphatic imine (C=N–C) groups is 1. The van der Waals surface area contributed by atoms with E-state index >= 15 is 0 Å². The summed E-state index contributed by atoms with van der Waals surface area (Å²) in [5, 5.41) is 5.14. The molecule has 0 atom stereocenters. The number of fused-ring (bicyclic) bond motifs is 1. The molecule has 1 heterocycles. The zero-order valence-electron chi connectivity index (χ0n) is 11.7. The van der Waals surface area contributed by atoms with Gasteiger partial charge in [0.2, 0.25) is 0 Å². The zero-order chi connectivity index (χ0) is 14.7. The van der Waals surface area contributed by atoms with E-state index in [0.717, 1.165) is 20.9 Å².